The van der Waals surface area contributed by atoms with Crippen LogP contribution < -0.4 is 4.90 Å². The number of sulfone groups is 1. The van der Waals surface area contributed by atoms with E-state index in [1.807, 2.05) is 12.1 Å². The molecule has 0 N–H and O–H groups in total. The molecular weight excluding hydrogens is 238 g/mol. The molecule has 0 saturated carbocycles. The molecule has 1 aromatic carbocycles. The Hall–Kier alpha value is -1.36. The summed E-state index contributed by atoms with van der Waals surface area (Å²) in [6.07, 6.45) is 1.21. The summed E-state index contributed by atoms with van der Waals surface area (Å²) in [5.41, 5.74) is 1.38. The van der Waals surface area contributed by atoms with Crippen molar-refractivity contribution in [3.63, 3.8) is 0 Å². The monoisotopic (exact) mass is 255 g/mol. The molecule has 94 valence electrons. The molecule has 0 amide bonds. The Bertz CT molecular complexity index is 508. The van der Waals surface area contributed by atoms with Crippen LogP contribution in [-0.2, 0) is 9.84 Å². The van der Waals surface area contributed by atoms with E-state index >= 15 is 0 Å². The van der Waals surface area contributed by atoms with Gasteiger partial charge in [0.2, 0.25) is 0 Å². The van der Waals surface area contributed by atoms with Crippen LogP contribution in [-0.4, -0.2) is 39.8 Å². The molecule has 0 spiro atoms. The van der Waals surface area contributed by atoms with E-state index in [1.54, 1.807) is 24.1 Å². The van der Waals surface area contributed by atoms with E-state index in [1.165, 1.54) is 13.2 Å². The fourth-order valence-electron chi connectivity index (χ4n) is 1.53. The summed E-state index contributed by atoms with van der Waals surface area (Å²) in [6, 6.07) is 7.19. The van der Waals surface area contributed by atoms with E-state index in [9.17, 15) is 13.2 Å². The van der Waals surface area contributed by atoms with Crippen LogP contribution in [0.15, 0.2) is 24.3 Å². The number of carbonyl (C=O) groups is 1. The summed E-state index contributed by atoms with van der Waals surface area (Å²) in [7, 11) is -1.20. The normalized spacial score (nSPS) is 11.2. The second-order valence-electron chi connectivity index (χ2n) is 4.12. The first kappa shape index (κ1) is 13.7. The van der Waals surface area contributed by atoms with Crippen molar-refractivity contribution >= 4 is 21.3 Å². The molecule has 0 unspecified atom stereocenters. The largest absolute Gasteiger partial charge is 0.373 e. The van der Waals surface area contributed by atoms with Gasteiger partial charge in [0.25, 0.3) is 0 Å². The Kier molecular flexibility index (Phi) is 4.28. The minimum atomic E-state index is -2.99. The molecule has 0 fully saturated rings. The highest BCUT2D eigenvalue weighted by Gasteiger charge is 2.12. The molecule has 0 radical (unpaired) electrons. The molecule has 0 aliphatic carbocycles. The summed E-state index contributed by atoms with van der Waals surface area (Å²) >= 11 is 0. The summed E-state index contributed by atoms with van der Waals surface area (Å²) in [5, 5.41) is 0. The molecule has 0 aromatic heterocycles. The molecule has 1 rings (SSSR count). The highest BCUT2D eigenvalue weighted by molar-refractivity contribution is 7.90. The van der Waals surface area contributed by atoms with Crippen molar-refractivity contribution in [3.8, 4) is 0 Å². The SMILES string of the molecule is CC(=O)c1ccccc1N(C)CCS(C)(=O)=O. The molecule has 0 bridgehead atoms. The summed E-state index contributed by atoms with van der Waals surface area (Å²) in [5.74, 6) is 0.0576. The van der Waals surface area contributed by atoms with Crippen molar-refractivity contribution in [3.05, 3.63) is 29.8 Å². The zero-order chi connectivity index (χ0) is 13.1. The number of hydrogen-bond donors (Lipinski definition) is 0. The van der Waals surface area contributed by atoms with Gasteiger partial charge in [-0.2, -0.15) is 0 Å². The molecule has 0 heterocycles. The lowest BCUT2D eigenvalue weighted by molar-refractivity contribution is 0.101. The van der Waals surface area contributed by atoms with Crippen LogP contribution in [0, 0.1) is 0 Å². The van der Waals surface area contributed by atoms with Crippen LogP contribution >= 0.6 is 0 Å². The third kappa shape index (κ3) is 4.19. The molecular formula is C12H17NO3S. The van der Waals surface area contributed by atoms with Crippen molar-refractivity contribution in [2.45, 2.75) is 6.92 Å². The van der Waals surface area contributed by atoms with Crippen molar-refractivity contribution < 1.29 is 13.2 Å². The number of hydrogen-bond acceptors (Lipinski definition) is 4. The predicted octanol–water partition coefficient (Wildman–Crippen LogP) is 1.37. The first-order valence-electron chi connectivity index (χ1n) is 5.30. The highest BCUT2D eigenvalue weighted by atomic mass is 32.2. The van der Waals surface area contributed by atoms with E-state index < -0.39 is 9.84 Å². The lowest BCUT2D eigenvalue weighted by Crippen LogP contribution is -2.26. The Morgan fingerprint density at radius 3 is 2.41 bits per heavy atom. The molecule has 0 aliphatic heterocycles. The quantitative estimate of drug-likeness (QED) is 0.746. The highest BCUT2D eigenvalue weighted by Crippen LogP contribution is 2.19. The molecule has 17 heavy (non-hydrogen) atoms. The van der Waals surface area contributed by atoms with Gasteiger partial charge in [0.05, 0.1) is 5.75 Å². The van der Waals surface area contributed by atoms with E-state index in [0.717, 1.165) is 5.69 Å². The number of nitrogens with zero attached hydrogens (tertiary/aromatic N) is 1. The number of rotatable bonds is 5. The standard InChI is InChI=1S/C12H17NO3S/c1-10(14)11-6-4-5-7-12(11)13(2)8-9-17(3,15)16/h4-7H,8-9H2,1-3H3. The average Bonchev–Trinajstić information content (AvgIpc) is 2.25. The summed E-state index contributed by atoms with van der Waals surface area (Å²) < 4.78 is 22.2. The van der Waals surface area contributed by atoms with Gasteiger partial charge >= 0.3 is 0 Å². The zero-order valence-corrected chi connectivity index (χ0v) is 11.1. The van der Waals surface area contributed by atoms with Gasteiger partial charge in [-0.3, -0.25) is 4.79 Å². The maximum Gasteiger partial charge on any atom is 0.161 e. The lowest BCUT2D eigenvalue weighted by atomic mass is 10.1. The zero-order valence-electron chi connectivity index (χ0n) is 10.3. The lowest BCUT2D eigenvalue weighted by Gasteiger charge is -2.21. The van der Waals surface area contributed by atoms with Gasteiger partial charge in [-0.15, -0.1) is 0 Å². The number of carbonyl (C=O) groups excluding carboxylic acids is 1. The molecule has 0 saturated heterocycles. The van der Waals surface area contributed by atoms with Gasteiger partial charge in [0.1, 0.15) is 9.84 Å². The average molecular weight is 255 g/mol. The number of anilines is 1. The second-order valence-corrected chi connectivity index (χ2v) is 6.38. The van der Waals surface area contributed by atoms with Crippen LogP contribution in [0.1, 0.15) is 17.3 Å². The Balaban J connectivity index is 2.89. The molecule has 4 nitrogen and oxygen atoms in total. The topological polar surface area (TPSA) is 54.5 Å². The fraction of sp³-hybridized carbons (Fsp3) is 0.417. The third-order valence-electron chi connectivity index (χ3n) is 2.49. The van der Waals surface area contributed by atoms with Gasteiger partial charge < -0.3 is 4.90 Å². The molecule has 0 atom stereocenters. The minimum Gasteiger partial charge on any atom is -0.373 e. The second kappa shape index (κ2) is 5.31. The Morgan fingerprint density at radius 1 is 1.29 bits per heavy atom. The third-order valence-corrected chi connectivity index (χ3v) is 3.42. The van der Waals surface area contributed by atoms with Gasteiger partial charge in [0, 0.05) is 31.1 Å². The fourth-order valence-corrected chi connectivity index (χ4v) is 2.13. The predicted molar refractivity (Wildman–Crippen MR) is 69.4 cm³/mol. The van der Waals surface area contributed by atoms with Gasteiger partial charge in [-0.25, -0.2) is 8.42 Å². The molecule has 1 aromatic rings. The first-order chi connectivity index (χ1) is 7.81. The smallest absolute Gasteiger partial charge is 0.161 e. The van der Waals surface area contributed by atoms with Gasteiger partial charge in [-0.1, -0.05) is 12.1 Å². The van der Waals surface area contributed by atoms with Crippen molar-refractivity contribution in [2.75, 3.05) is 30.5 Å². The maximum atomic E-state index is 11.4. The van der Waals surface area contributed by atoms with E-state index in [2.05, 4.69) is 0 Å². The number of para-hydroxylation sites is 1. The number of ketones is 1. The summed E-state index contributed by atoms with van der Waals surface area (Å²) in [4.78, 5) is 13.2. The molecule has 5 heteroatoms. The Labute approximate surface area is 102 Å². The van der Waals surface area contributed by atoms with Gasteiger partial charge in [-0.05, 0) is 19.1 Å². The van der Waals surface area contributed by atoms with Crippen LogP contribution in [0.3, 0.4) is 0 Å². The van der Waals surface area contributed by atoms with Crippen molar-refractivity contribution in [2.24, 2.45) is 0 Å². The van der Waals surface area contributed by atoms with Crippen LogP contribution in [0.5, 0.6) is 0 Å². The number of benzene rings is 1. The van der Waals surface area contributed by atoms with E-state index in [0.29, 0.717) is 12.1 Å². The first-order valence-corrected chi connectivity index (χ1v) is 7.36. The number of Topliss-reactive ketones (excluding diaryl/α,β-unsaturated/α-hetero) is 1. The van der Waals surface area contributed by atoms with E-state index in [-0.39, 0.29) is 11.5 Å². The van der Waals surface area contributed by atoms with Crippen LogP contribution in [0.2, 0.25) is 0 Å². The van der Waals surface area contributed by atoms with Crippen LogP contribution in [0.4, 0.5) is 5.69 Å². The summed E-state index contributed by atoms with van der Waals surface area (Å²) in [6.45, 7) is 1.88. The van der Waals surface area contributed by atoms with Crippen molar-refractivity contribution in [1.82, 2.24) is 0 Å². The maximum absolute atomic E-state index is 11.4. The minimum absolute atomic E-state index is 0.0215. The van der Waals surface area contributed by atoms with Crippen LogP contribution in [0.25, 0.3) is 0 Å². The Morgan fingerprint density at radius 2 is 1.88 bits per heavy atom. The van der Waals surface area contributed by atoms with Crippen molar-refractivity contribution in [1.29, 1.82) is 0 Å². The van der Waals surface area contributed by atoms with E-state index in [4.69, 9.17) is 0 Å². The van der Waals surface area contributed by atoms with Gasteiger partial charge in [0.15, 0.2) is 5.78 Å². The molecule has 0 aliphatic rings.